The molecule has 2 aromatic rings. The zero-order valence-corrected chi connectivity index (χ0v) is 16.5. The van der Waals surface area contributed by atoms with Gasteiger partial charge in [0.2, 0.25) is 5.79 Å². The molecule has 2 aromatic carbocycles. The highest BCUT2D eigenvalue weighted by molar-refractivity contribution is 6.30. The van der Waals surface area contributed by atoms with E-state index in [1.165, 1.54) is 12.1 Å². The van der Waals surface area contributed by atoms with Crippen LogP contribution >= 0.6 is 11.6 Å². The number of hydrogen-bond acceptors (Lipinski definition) is 7. The molecule has 1 spiro atoms. The van der Waals surface area contributed by atoms with Gasteiger partial charge in [0.1, 0.15) is 12.2 Å². The highest BCUT2D eigenvalue weighted by Crippen LogP contribution is 2.55. The molecular weight excluding hydrogens is 414 g/mol. The molecule has 4 aliphatic rings. The van der Waals surface area contributed by atoms with Crippen LogP contribution in [0, 0.1) is 10.1 Å². The molecular formula is C21H16ClNO7. The summed E-state index contributed by atoms with van der Waals surface area (Å²) in [5.41, 5.74) is 0.543. The first-order valence-corrected chi connectivity index (χ1v) is 9.66. The van der Waals surface area contributed by atoms with Gasteiger partial charge in [0.25, 0.3) is 5.69 Å². The minimum absolute atomic E-state index is 0.0273. The van der Waals surface area contributed by atoms with Gasteiger partial charge >= 0.3 is 5.97 Å². The third kappa shape index (κ3) is 2.92. The van der Waals surface area contributed by atoms with E-state index in [2.05, 4.69) is 0 Å². The quantitative estimate of drug-likeness (QED) is 0.309. The number of fused-ring (bicyclic) bond motifs is 2. The number of cyclic esters (lactones) is 1. The Morgan fingerprint density at radius 2 is 1.73 bits per heavy atom. The Kier molecular flexibility index (Phi) is 4.23. The number of carbonyl (C=O) groups excluding carboxylic acids is 1. The minimum Gasteiger partial charge on any atom is -0.454 e. The number of ether oxygens (including phenoxy) is 2. The second kappa shape index (κ2) is 6.61. The smallest absolute Gasteiger partial charge is 0.340 e. The Morgan fingerprint density at radius 3 is 2.40 bits per heavy atom. The molecule has 0 aliphatic carbocycles. The van der Waals surface area contributed by atoms with Crippen LogP contribution in [0.2, 0.25) is 5.02 Å². The van der Waals surface area contributed by atoms with E-state index >= 15 is 0 Å². The molecule has 30 heavy (non-hydrogen) atoms. The van der Waals surface area contributed by atoms with Crippen LogP contribution in [0.25, 0.3) is 0 Å². The molecule has 8 nitrogen and oxygen atoms in total. The number of esters is 1. The third-order valence-corrected chi connectivity index (χ3v) is 5.85. The van der Waals surface area contributed by atoms with Crippen LogP contribution in [0.3, 0.4) is 0 Å². The van der Waals surface area contributed by atoms with Crippen LogP contribution in [-0.2, 0) is 24.0 Å². The fraction of sp³-hybridized carbons (Fsp3) is 0.286. The second-order valence-corrected chi connectivity index (χ2v) is 8.09. The van der Waals surface area contributed by atoms with Crippen molar-refractivity contribution in [3.05, 3.63) is 86.4 Å². The second-order valence-electron chi connectivity index (χ2n) is 7.66. The Hall–Kier alpha value is -2.78. The van der Waals surface area contributed by atoms with Crippen LogP contribution in [0.1, 0.15) is 36.7 Å². The van der Waals surface area contributed by atoms with Gasteiger partial charge in [-0.2, -0.15) is 4.89 Å². The van der Waals surface area contributed by atoms with Crippen molar-refractivity contribution in [3.63, 3.8) is 0 Å². The molecule has 2 unspecified atom stereocenters. The number of rotatable bonds is 3. The highest BCUT2D eigenvalue weighted by Gasteiger charge is 2.63. The number of nitrogens with zero attached hydrogens (tertiary/aromatic N) is 1. The van der Waals surface area contributed by atoms with Gasteiger partial charge in [-0.3, -0.25) is 10.1 Å². The van der Waals surface area contributed by atoms with Gasteiger partial charge in [0, 0.05) is 17.2 Å². The van der Waals surface area contributed by atoms with Crippen molar-refractivity contribution >= 4 is 23.3 Å². The maximum Gasteiger partial charge on any atom is 0.340 e. The monoisotopic (exact) mass is 429 g/mol. The maximum atomic E-state index is 12.8. The number of non-ortho nitro benzene ring substituents is 1. The van der Waals surface area contributed by atoms with E-state index in [9.17, 15) is 14.9 Å². The first-order valence-electron chi connectivity index (χ1n) is 9.28. The number of hydrogen-bond donors (Lipinski definition) is 0. The van der Waals surface area contributed by atoms with Crippen molar-refractivity contribution in [2.24, 2.45) is 0 Å². The minimum atomic E-state index is -1.44. The molecule has 2 saturated heterocycles. The summed E-state index contributed by atoms with van der Waals surface area (Å²) in [5.74, 6) is -1.98. The van der Waals surface area contributed by atoms with Crippen LogP contribution < -0.4 is 0 Å². The van der Waals surface area contributed by atoms with E-state index in [0.29, 0.717) is 10.6 Å². The molecule has 9 heteroatoms. The van der Waals surface area contributed by atoms with E-state index in [1.807, 2.05) is 0 Å². The number of carbonyl (C=O) groups is 1. The van der Waals surface area contributed by atoms with Gasteiger partial charge in [0.15, 0.2) is 5.60 Å². The third-order valence-electron chi connectivity index (χ3n) is 5.60. The lowest BCUT2D eigenvalue weighted by molar-refractivity contribution is -0.523. The normalized spacial score (nSPS) is 32.2. The SMILES string of the molecule is C[C@]12C=C3C(=O)OC(c4ccc(Cl)cc4)C[C@@]3(OO1)OC2c1ccc([N+](=O)[O-])cc1. The summed E-state index contributed by atoms with van der Waals surface area (Å²) >= 11 is 5.96. The number of nitro benzene ring substituents is 1. The lowest BCUT2D eigenvalue weighted by Gasteiger charge is -2.54. The number of benzene rings is 2. The summed E-state index contributed by atoms with van der Waals surface area (Å²) in [6, 6.07) is 13.0. The van der Waals surface area contributed by atoms with E-state index < -0.39 is 34.5 Å². The van der Waals surface area contributed by atoms with E-state index in [4.69, 9.17) is 30.8 Å². The van der Waals surface area contributed by atoms with Crippen molar-refractivity contribution in [1.82, 2.24) is 0 Å². The van der Waals surface area contributed by atoms with Gasteiger partial charge in [-0.15, -0.1) is 0 Å². The van der Waals surface area contributed by atoms with Gasteiger partial charge in [-0.05, 0) is 48.4 Å². The van der Waals surface area contributed by atoms with E-state index in [1.54, 1.807) is 49.4 Å². The molecule has 6 rings (SSSR count). The van der Waals surface area contributed by atoms with Gasteiger partial charge in [-0.25, -0.2) is 9.68 Å². The fourth-order valence-corrected chi connectivity index (χ4v) is 4.18. The maximum absolute atomic E-state index is 12.8. The summed E-state index contributed by atoms with van der Waals surface area (Å²) in [5, 5.41) is 11.5. The summed E-state index contributed by atoms with van der Waals surface area (Å²) in [6.45, 7) is 1.72. The molecule has 2 bridgehead atoms. The molecule has 4 aliphatic heterocycles. The molecule has 4 atom stereocenters. The first-order chi connectivity index (χ1) is 14.3. The van der Waals surface area contributed by atoms with Crippen molar-refractivity contribution in [3.8, 4) is 0 Å². The first kappa shape index (κ1) is 19.2. The zero-order valence-electron chi connectivity index (χ0n) is 15.7. The summed E-state index contributed by atoms with van der Waals surface area (Å²) in [6.07, 6.45) is 0.598. The predicted octanol–water partition coefficient (Wildman–Crippen LogP) is 4.35. The Morgan fingerprint density at radius 1 is 1.07 bits per heavy atom. The molecule has 0 saturated carbocycles. The molecule has 4 heterocycles. The topological polar surface area (TPSA) is 97.1 Å². The average molecular weight is 430 g/mol. The molecule has 0 N–H and O–H groups in total. The Bertz CT molecular complexity index is 1070. The molecule has 2 fully saturated rings. The summed E-state index contributed by atoms with van der Waals surface area (Å²) in [7, 11) is 0. The average Bonchev–Trinajstić information content (AvgIpc) is 2.74. The van der Waals surface area contributed by atoms with E-state index in [-0.39, 0.29) is 17.7 Å². The van der Waals surface area contributed by atoms with Crippen LogP contribution in [-0.4, -0.2) is 22.3 Å². The molecule has 0 amide bonds. The summed E-state index contributed by atoms with van der Waals surface area (Å²) < 4.78 is 11.9. The van der Waals surface area contributed by atoms with Crippen molar-refractivity contribution < 1.29 is 29.0 Å². The lowest BCUT2D eigenvalue weighted by Crippen LogP contribution is -2.61. The van der Waals surface area contributed by atoms with Crippen LogP contribution in [0.4, 0.5) is 5.69 Å². The number of nitro groups is 1. The van der Waals surface area contributed by atoms with Crippen LogP contribution in [0.5, 0.6) is 0 Å². The lowest BCUT2D eigenvalue weighted by atomic mass is 9.81. The summed E-state index contributed by atoms with van der Waals surface area (Å²) in [4.78, 5) is 34.5. The fourth-order valence-electron chi connectivity index (χ4n) is 4.05. The Balaban J connectivity index is 1.51. The van der Waals surface area contributed by atoms with Crippen LogP contribution in [0.15, 0.2) is 60.2 Å². The van der Waals surface area contributed by atoms with E-state index in [0.717, 1.165) is 5.56 Å². The molecule has 154 valence electrons. The Labute approximate surface area is 176 Å². The van der Waals surface area contributed by atoms with Crippen molar-refractivity contribution in [2.45, 2.75) is 36.9 Å². The zero-order chi connectivity index (χ0) is 21.1. The largest absolute Gasteiger partial charge is 0.454 e. The van der Waals surface area contributed by atoms with Gasteiger partial charge in [-0.1, -0.05) is 23.7 Å². The molecule has 0 radical (unpaired) electrons. The molecule has 0 aromatic heterocycles. The van der Waals surface area contributed by atoms with Crippen molar-refractivity contribution in [2.75, 3.05) is 0 Å². The highest BCUT2D eigenvalue weighted by atomic mass is 35.5. The number of halogens is 1. The van der Waals surface area contributed by atoms with Gasteiger partial charge in [0.05, 0.1) is 16.9 Å². The van der Waals surface area contributed by atoms with Crippen molar-refractivity contribution in [1.29, 1.82) is 0 Å². The predicted molar refractivity (Wildman–Crippen MR) is 103 cm³/mol. The standard InChI is InChI=1S/C21H16ClNO7/c1-20-10-16-19(24)27-17(12-2-6-14(22)7-3-12)11-21(16,30-29-20)28-18(20)13-4-8-15(9-5-13)23(25)26/h2-10,17-18H,11H2,1H3/t17?,18?,20-,21+/m1/s1. The van der Waals surface area contributed by atoms with Gasteiger partial charge < -0.3 is 9.47 Å².